The van der Waals surface area contributed by atoms with Crippen LogP contribution in [-0.2, 0) is 0 Å². The van der Waals surface area contributed by atoms with Crippen molar-refractivity contribution in [3.8, 4) is 33.8 Å². The second-order valence-electron chi connectivity index (χ2n) is 12.9. The third-order valence-corrected chi connectivity index (χ3v) is 11.2. The van der Waals surface area contributed by atoms with E-state index >= 15 is 0 Å². The number of thiophene rings is 1. The van der Waals surface area contributed by atoms with Crippen LogP contribution in [0.25, 0.3) is 108 Å². The largest absolute Gasteiger partial charge is 0.456 e. The van der Waals surface area contributed by atoms with Gasteiger partial charge in [0.25, 0.3) is 0 Å². The molecule has 232 valence electrons. The molecule has 50 heavy (non-hydrogen) atoms. The van der Waals surface area contributed by atoms with Crippen LogP contribution in [0.2, 0.25) is 0 Å². The van der Waals surface area contributed by atoms with Crippen LogP contribution in [0.15, 0.2) is 162 Å². The maximum absolute atomic E-state index is 6.09. The van der Waals surface area contributed by atoms with Crippen LogP contribution in [0.5, 0.6) is 0 Å². The Morgan fingerprint density at radius 3 is 1.96 bits per heavy atom. The number of benzene rings is 8. The van der Waals surface area contributed by atoms with Gasteiger partial charge in [-0.1, -0.05) is 115 Å². The molecule has 0 aliphatic carbocycles. The Hall–Kier alpha value is -6.36. The predicted molar refractivity (Wildman–Crippen MR) is 211 cm³/mol. The molecule has 0 aliphatic rings. The summed E-state index contributed by atoms with van der Waals surface area (Å²) in [6.45, 7) is 0. The van der Waals surface area contributed by atoms with E-state index < -0.39 is 0 Å². The molecule has 0 saturated carbocycles. The van der Waals surface area contributed by atoms with Gasteiger partial charge in [-0.15, -0.1) is 11.3 Å². The van der Waals surface area contributed by atoms with Gasteiger partial charge in [0.15, 0.2) is 5.82 Å². The maximum Gasteiger partial charge on any atom is 0.160 e. The Morgan fingerprint density at radius 2 is 1.06 bits per heavy atom. The van der Waals surface area contributed by atoms with E-state index in [4.69, 9.17) is 14.4 Å². The van der Waals surface area contributed by atoms with E-state index in [-0.39, 0.29) is 0 Å². The van der Waals surface area contributed by atoms with Crippen molar-refractivity contribution in [3.05, 3.63) is 158 Å². The second-order valence-corrected chi connectivity index (χ2v) is 14.0. The van der Waals surface area contributed by atoms with Gasteiger partial charge in [0.2, 0.25) is 0 Å². The summed E-state index contributed by atoms with van der Waals surface area (Å²) in [6, 6.07) is 56.1. The molecule has 3 aromatic heterocycles. The number of fused-ring (bicyclic) bond motifs is 11. The van der Waals surface area contributed by atoms with Crippen molar-refractivity contribution in [2.75, 3.05) is 0 Å². The summed E-state index contributed by atoms with van der Waals surface area (Å²) < 4.78 is 8.59. The summed E-state index contributed by atoms with van der Waals surface area (Å²) in [4.78, 5) is 10.7. The molecule has 8 aromatic carbocycles. The molecule has 0 bridgehead atoms. The number of rotatable bonds is 3. The lowest BCUT2D eigenvalue weighted by atomic mass is 9.98. The zero-order valence-corrected chi connectivity index (χ0v) is 27.5. The molecule has 3 nitrogen and oxygen atoms in total. The number of furan rings is 1. The van der Waals surface area contributed by atoms with Crippen LogP contribution >= 0.6 is 11.3 Å². The van der Waals surface area contributed by atoms with Gasteiger partial charge >= 0.3 is 0 Å². The monoisotopic (exact) mass is 654 g/mol. The number of para-hydroxylation sites is 1. The number of hydrogen-bond donors (Lipinski definition) is 0. The lowest BCUT2D eigenvalue weighted by Gasteiger charge is -2.12. The average Bonchev–Trinajstić information content (AvgIpc) is 3.76. The first kappa shape index (κ1) is 27.6. The van der Waals surface area contributed by atoms with Crippen LogP contribution in [0.3, 0.4) is 0 Å². The minimum absolute atomic E-state index is 0.718. The second kappa shape index (κ2) is 10.6. The fourth-order valence-electron chi connectivity index (χ4n) is 7.62. The maximum atomic E-state index is 6.09. The van der Waals surface area contributed by atoms with Gasteiger partial charge in [-0.3, -0.25) is 0 Å². The van der Waals surface area contributed by atoms with E-state index in [0.717, 1.165) is 66.6 Å². The van der Waals surface area contributed by atoms with E-state index in [9.17, 15) is 0 Å². The van der Waals surface area contributed by atoms with E-state index in [2.05, 4.69) is 146 Å². The van der Waals surface area contributed by atoms with Crippen molar-refractivity contribution in [2.45, 2.75) is 0 Å². The zero-order chi connectivity index (χ0) is 32.8. The van der Waals surface area contributed by atoms with Crippen molar-refractivity contribution in [3.63, 3.8) is 0 Å². The third kappa shape index (κ3) is 4.16. The standard InChI is InChI=1S/C46H26N2OS/c1-2-9-31-25-33(18-15-27(31)7-1)44-36-21-24-41-43(42-34-10-4-3-8-29(34)20-23-40(42)50-41)45(36)48-46(47-44)30-16-13-28(14-17-30)32-19-22-39-37(26-32)35-11-5-6-12-38(35)49-39/h1-26H. The van der Waals surface area contributed by atoms with Crippen LogP contribution < -0.4 is 0 Å². The van der Waals surface area contributed by atoms with Gasteiger partial charge in [0.1, 0.15) is 11.2 Å². The molecule has 0 amide bonds. The minimum Gasteiger partial charge on any atom is -0.456 e. The summed E-state index contributed by atoms with van der Waals surface area (Å²) in [5, 5.41) is 10.7. The lowest BCUT2D eigenvalue weighted by Crippen LogP contribution is -1.96. The highest BCUT2D eigenvalue weighted by Crippen LogP contribution is 2.44. The van der Waals surface area contributed by atoms with Crippen molar-refractivity contribution in [1.82, 2.24) is 9.97 Å². The minimum atomic E-state index is 0.718. The van der Waals surface area contributed by atoms with Crippen LogP contribution in [0.1, 0.15) is 0 Å². The Bertz CT molecular complexity index is 3150. The van der Waals surface area contributed by atoms with Crippen molar-refractivity contribution in [2.24, 2.45) is 0 Å². The number of aromatic nitrogens is 2. The molecule has 3 heterocycles. The third-order valence-electron chi connectivity index (χ3n) is 10.1. The van der Waals surface area contributed by atoms with E-state index in [0.29, 0.717) is 0 Å². The molecule has 0 saturated heterocycles. The van der Waals surface area contributed by atoms with Crippen molar-refractivity contribution >= 4 is 85.9 Å². The van der Waals surface area contributed by atoms with Gasteiger partial charge in [-0.05, 0) is 75.1 Å². The first-order valence-electron chi connectivity index (χ1n) is 16.8. The summed E-state index contributed by atoms with van der Waals surface area (Å²) in [6.07, 6.45) is 0. The molecular weight excluding hydrogens is 629 g/mol. The van der Waals surface area contributed by atoms with Crippen LogP contribution in [0.4, 0.5) is 0 Å². The molecule has 0 N–H and O–H groups in total. The fourth-order valence-corrected chi connectivity index (χ4v) is 8.74. The molecule has 0 aliphatic heterocycles. The highest BCUT2D eigenvalue weighted by Gasteiger charge is 2.19. The Morgan fingerprint density at radius 1 is 0.400 bits per heavy atom. The smallest absolute Gasteiger partial charge is 0.160 e. The Balaban J connectivity index is 1.14. The molecule has 4 heteroatoms. The first-order valence-corrected chi connectivity index (χ1v) is 17.6. The van der Waals surface area contributed by atoms with E-state index in [1.54, 1.807) is 0 Å². The summed E-state index contributed by atoms with van der Waals surface area (Å²) in [7, 11) is 0. The van der Waals surface area contributed by atoms with Crippen molar-refractivity contribution in [1.29, 1.82) is 0 Å². The first-order chi connectivity index (χ1) is 24.7. The number of nitrogens with zero attached hydrogens (tertiary/aromatic N) is 2. The Labute approximate surface area is 290 Å². The van der Waals surface area contributed by atoms with E-state index in [1.165, 1.54) is 41.7 Å². The van der Waals surface area contributed by atoms with Gasteiger partial charge in [0.05, 0.1) is 11.2 Å². The quantitative estimate of drug-likeness (QED) is 0.190. The molecular formula is C46H26N2OS. The summed E-state index contributed by atoms with van der Waals surface area (Å²) in [5.74, 6) is 0.718. The van der Waals surface area contributed by atoms with Gasteiger partial charge in [-0.2, -0.15) is 0 Å². The zero-order valence-electron chi connectivity index (χ0n) is 26.7. The van der Waals surface area contributed by atoms with Crippen LogP contribution in [0, 0.1) is 0 Å². The molecule has 0 fully saturated rings. The summed E-state index contributed by atoms with van der Waals surface area (Å²) in [5.41, 5.74) is 8.08. The SMILES string of the molecule is c1ccc2cc(-c3nc(-c4ccc(-c5ccc6oc7ccccc7c6c5)cc4)nc4c3ccc3sc5ccc6ccccc6c5c34)ccc2c1. The van der Waals surface area contributed by atoms with Gasteiger partial charge in [-0.25, -0.2) is 9.97 Å². The normalized spacial score (nSPS) is 12.0. The predicted octanol–water partition coefficient (Wildman–Crippen LogP) is 13.2. The van der Waals surface area contributed by atoms with E-state index in [1.807, 2.05) is 23.5 Å². The Kier molecular flexibility index (Phi) is 5.83. The molecule has 11 rings (SSSR count). The fraction of sp³-hybridized carbons (Fsp3) is 0. The highest BCUT2D eigenvalue weighted by atomic mass is 32.1. The molecule has 0 radical (unpaired) electrons. The molecule has 11 aromatic rings. The lowest BCUT2D eigenvalue weighted by molar-refractivity contribution is 0.669. The van der Waals surface area contributed by atoms with Gasteiger partial charge < -0.3 is 4.42 Å². The highest BCUT2D eigenvalue weighted by molar-refractivity contribution is 7.26. The topological polar surface area (TPSA) is 38.9 Å². The molecule has 0 unspecified atom stereocenters. The number of hydrogen-bond acceptors (Lipinski definition) is 4. The summed E-state index contributed by atoms with van der Waals surface area (Å²) >= 11 is 1.83. The molecule has 0 spiro atoms. The van der Waals surface area contributed by atoms with Crippen LogP contribution in [-0.4, -0.2) is 9.97 Å². The van der Waals surface area contributed by atoms with Crippen molar-refractivity contribution < 1.29 is 4.42 Å². The average molecular weight is 655 g/mol. The molecule has 0 atom stereocenters. The van der Waals surface area contributed by atoms with Gasteiger partial charge in [0, 0.05) is 47.5 Å².